The van der Waals surface area contributed by atoms with Gasteiger partial charge in [0.05, 0.1) is 18.9 Å². The van der Waals surface area contributed by atoms with E-state index in [0.717, 1.165) is 0 Å². The second kappa shape index (κ2) is 4.14. The first-order chi connectivity index (χ1) is 9.43. The molecule has 1 saturated heterocycles. The zero-order valence-corrected chi connectivity index (χ0v) is 10.8. The van der Waals surface area contributed by atoms with E-state index in [-0.39, 0.29) is 18.1 Å². The van der Waals surface area contributed by atoms with Crippen LogP contribution in [-0.2, 0) is 4.74 Å². The van der Waals surface area contributed by atoms with E-state index in [4.69, 9.17) is 15.6 Å². The third-order valence-electron chi connectivity index (χ3n) is 3.94. The Bertz CT molecular complexity index is 524. The Balaban J connectivity index is 1.93. The van der Waals surface area contributed by atoms with Crippen LogP contribution in [-0.4, -0.2) is 64.1 Å². The molecule has 3 aliphatic rings. The van der Waals surface area contributed by atoms with E-state index in [9.17, 15) is 5.11 Å². The van der Waals surface area contributed by atoms with Crippen LogP contribution in [0.15, 0.2) is 22.0 Å². The van der Waals surface area contributed by atoms with Crippen molar-refractivity contribution in [3.8, 4) is 0 Å². The normalized spacial score (nSPS) is 43.1. The van der Waals surface area contributed by atoms with Gasteiger partial charge in [0.2, 0.25) is 5.67 Å². The minimum absolute atomic E-state index is 0.0950. The second-order valence-electron chi connectivity index (χ2n) is 5.14. The van der Waals surface area contributed by atoms with Crippen molar-refractivity contribution in [1.82, 2.24) is 10.3 Å². The molecule has 0 aromatic carbocycles. The van der Waals surface area contributed by atoms with Crippen molar-refractivity contribution in [2.24, 2.45) is 15.8 Å². The van der Waals surface area contributed by atoms with Crippen molar-refractivity contribution in [3.05, 3.63) is 11.9 Å². The van der Waals surface area contributed by atoms with Gasteiger partial charge in [0.15, 0.2) is 5.66 Å². The lowest BCUT2D eigenvalue weighted by Gasteiger charge is -2.38. The molecule has 110 valence electrons. The average Bonchev–Trinajstić information content (AvgIpc) is 2.92. The van der Waals surface area contributed by atoms with E-state index in [1.54, 1.807) is 6.92 Å². The van der Waals surface area contributed by atoms with Gasteiger partial charge in [0, 0.05) is 6.20 Å². The molecule has 3 aliphatic heterocycles. The molecule has 0 aliphatic carbocycles. The molecule has 0 bridgehead atoms. The van der Waals surface area contributed by atoms with E-state index < -0.39 is 30.1 Å². The number of amidine groups is 1. The van der Waals surface area contributed by atoms with Crippen LogP contribution in [0.2, 0.25) is 0 Å². The zero-order valence-electron chi connectivity index (χ0n) is 10.8. The molecule has 8 nitrogen and oxygen atoms in total. The molecule has 0 aromatic heterocycles. The molecule has 0 radical (unpaired) electrons. The largest absolute Gasteiger partial charge is 0.394 e. The number of nitrogens with zero attached hydrogens (tertiary/aromatic N) is 3. The molecule has 0 amide bonds. The molecule has 4 atom stereocenters. The highest BCUT2D eigenvalue weighted by atomic mass is 19.1. The first-order valence-electron chi connectivity index (χ1n) is 6.17. The number of hydrogen-bond donors (Lipinski definition) is 4. The van der Waals surface area contributed by atoms with Gasteiger partial charge in [0.25, 0.3) is 0 Å². The van der Waals surface area contributed by atoms with Gasteiger partial charge in [0.1, 0.15) is 24.4 Å². The number of nitrogens with two attached hydrogens (primary N) is 1. The summed E-state index contributed by atoms with van der Waals surface area (Å²) in [6.07, 6.45) is 0.162. The molecule has 0 saturated carbocycles. The van der Waals surface area contributed by atoms with Crippen molar-refractivity contribution in [1.29, 1.82) is 0 Å². The van der Waals surface area contributed by atoms with Gasteiger partial charge in [-0.05, 0) is 6.92 Å². The van der Waals surface area contributed by atoms with Crippen molar-refractivity contribution in [2.75, 3.05) is 13.2 Å². The van der Waals surface area contributed by atoms with Gasteiger partial charge in [-0.1, -0.05) is 0 Å². The first kappa shape index (κ1) is 13.3. The Morgan fingerprint density at radius 1 is 1.70 bits per heavy atom. The highest BCUT2D eigenvalue weighted by Crippen LogP contribution is 2.41. The van der Waals surface area contributed by atoms with Crippen LogP contribution < -0.4 is 11.1 Å². The Morgan fingerprint density at radius 3 is 3.10 bits per heavy atom. The number of nitrogens with one attached hydrogen (secondary N) is 1. The van der Waals surface area contributed by atoms with E-state index in [1.807, 2.05) is 0 Å². The molecule has 0 aromatic rings. The lowest BCUT2D eigenvalue weighted by molar-refractivity contribution is -0.0126. The Labute approximate surface area is 114 Å². The summed E-state index contributed by atoms with van der Waals surface area (Å²) < 4.78 is 20.2. The van der Waals surface area contributed by atoms with Crippen LogP contribution in [0.3, 0.4) is 0 Å². The van der Waals surface area contributed by atoms with Gasteiger partial charge >= 0.3 is 0 Å². The lowest BCUT2D eigenvalue weighted by atomic mass is 9.94. The third kappa shape index (κ3) is 1.51. The van der Waals surface area contributed by atoms with E-state index in [2.05, 4.69) is 15.4 Å². The summed E-state index contributed by atoms with van der Waals surface area (Å²) in [6, 6.07) is 0. The number of aliphatic hydroxyl groups is 2. The quantitative estimate of drug-likeness (QED) is 0.477. The number of hydrogen-bond acceptors (Lipinski definition) is 8. The van der Waals surface area contributed by atoms with Gasteiger partial charge in [-0.25, -0.2) is 14.4 Å². The lowest BCUT2D eigenvalue weighted by Crippen LogP contribution is -2.60. The van der Waals surface area contributed by atoms with Crippen LogP contribution in [0.25, 0.3) is 0 Å². The standard InChI is InChI=1S/C11H16FN5O3/c1-10-9(13)14-5-16-17(10)7(2-15-10)11(12)4-20-6(3-18)8(11)19/h2,5-6,8,15,18-19H,3-4H2,1H3,(H2,13,14,16)/t6-,8-,10?,11-/m1/s1. The molecule has 3 rings (SSSR count). The molecule has 9 heteroatoms. The summed E-state index contributed by atoms with van der Waals surface area (Å²) >= 11 is 0. The molecule has 20 heavy (non-hydrogen) atoms. The summed E-state index contributed by atoms with van der Waals surface area (Å²) in [5.41, 5.74) is 2.76. The molecule has 1 unspecified atom stereocenters. The van der Waals surface area contributed by atoms with Crippen molar-refractivity contribution in [2.45, 2.75) is 30.5 Å². The highest BCUT2D eigenvalue weighted by molar-refractivity contribution is 5.96. The van der Waals surface area contributed by atoms with Gasteiger partial charge in [-0.15, -0.1) is 0 Å². The number of aliphatic hydroxyl groups excluding tert-OH is 2. The number of alkyl halides is 1. The van der Waals surface area contributed by atoms with Gasteiger partial charge in [-0.3, -0.25) is 0 Å². The smallest absolute Gasteiger partial charge is 0.205 e. The monoisotopic (exact) mass is 285 g/mol. The highest BCUT2D eigenvalue weighted by Gasteiger charge is 2.58. The van der Waals surface area contributed by atoms with E-state index in [1.165, 1.54) is 17.5 Å². The summed E-state index contributed by atoms with van der Waals surface area (Å²) in [5.74, 6) is 0.231. The van der Waals surface area contributed by atoms with Crippen LogP contribution in [0, 0.1) is 0 Å². The molecular weight excluding hydrogens is 269 g/mol. The summed E-state index contributed by atoms with van der Waals surface area (Å²) in [5, 5.41) is 27.4. The van der Waals surface area contributed by atoms with Gasteiger partial charge in [-0.2, -0.15) is 5.10 Å². The van der Waals surface area contributed by atoms with Crippen LogP contribution in [0.1, 0.15) is 6.92 Å². The van der Waals surface area contributed by atoms with Crippen LogP contribution in [0.4, 0.5) is 4.39 Å². The SMILES string of the molecule is CC12NC=C([C@]3(F)CO[C@H](CO)[C@H]3O)N1N=CN=C2N. The maximum absolute atomic E-state index is 15.1. The molecule has 0 spiro atoms. The van der Waals surface area contributed by atoms with Crippen molar-refractivity contribution >= 4 is 12.2 Å². The predicted octanol–water partition coefficient (Wildman–Crippen LogP) is -1.78. The Hall–Kier alpha value is -1.71. The average molecular weight is 285 g/mol. The number of rotatable bonds is 2. The van der Waals surface area contributed by atoms with Crippen LogP contribution in [0.5, 0.6) is 0 Å². The number of halogens is 1. The van der Waals surface area contributed by atoms with E-state index >= 15 is 4.39 Å². The molecular formula is C11H16FN5O3. The topological polar surface area (TPSA) is 116 Å². The fourth-order valence-electron chi connectivity index (χ4n) is 2.57. The summed E-state index contributed by atoms with van der Waals surface area (Å²) in [7, 11) is 0. The maximum Gasteiger partial charge on any atom is 0.205 e. The Morgan fingerprint density at radius 2 is 2.45 bits per heavy atom. The Kier molecular flexibility index (Phi) is 2.75. The number of hydrazone groups is 1. The van der Waals surface area contributed by atoms with Crippen LogP contribution >= 0.6 is 0 Å². The molecule has 5 N–H and O–H groups in total. The predicted molar refractivity (Wildman–Crippen MR) is 68.2 cm³/mol. The number of aliphatic imine (C=N–C) groups is 1. The minimum Gasteiger partial charge on any atom is -0.394 e. The third-order valence-corrected chi connectivity index (χ3v) is 3.94. The number of fused-ring (bicyclic) bond motifs is 1. The fourth-order valence-corrected chi connectivity index (χ4v) is 2.57. The summed E-state index contributed by atoms with van der Waals surface area (Å²) in [4.78, 5) is 3.89. The minimum atomic E-state index is -2.17. The van der Waals surface area contributed by atoms with E-state index in [0.29, 0.717) is 0 Å². The van der Waals surface area contributed by atoms with Crippen molar-refractivity contribution in [3.63, 3.8) is 0 Å². The molecule has 3 heterocycles. The molecule has 1 fully saturated rings. The zero-order chi connectivity index (χ0) is 14.5. The van der Waals surface area contributed by atoms with Gasteiger partial charge < -0.3 is 26.0 Å². The number of ether oxygens (including phenoxy) is 1. The summed E-state index contributed by atoms with van der Waals surface area (Å²) in [6.45, 7) is 0.866. The first-order valence-corrected chi connectivity index (χ1v) is 6.17. The fraction of sp³-hybridized carbons (Fsp3) is 0.636. The van der Waals surface area contributed by atoms with Crippen molar-refractivity contribution < 1.29 is 19.3 Å². The second-order valence-corrected chi connectivity index (χ2v) is 5.14. The maximum atomic E-state index is 15.1.